The number of piperazine rings is 1. The second-order valence-electron chi connectivity index (χ2n) is 6.71. The fourth-order valence-corrected chi connectivity index (χ4v) is 3.67. The van der Waals surface area contributed by atoms with Gasteiger partial charge in [0, 0.05) is 37.4 Å². The van der Waals surface area contributed by atoms with Gasteiger partial charge in [-0.1, -0.05) is 11.6 Å². The van der Waals surface area contributed by atoms with Crippen LogP contribution in [0.5, 0.6) is 0 Å². The number of anilines is 1. The van der Waals surface area contributed by atoms with E-state index in [1.54, 1.807) is 22.9 Å². The highest BCUT2D eigenvalue weighted by Gasteiger charge is 2.21. The predicted octanol–water partition coefficient (Wildman–Crippen LogP) is 3.08. The first-order chi connectivity index (χ1) is 14.2. The molecule has 0 aliphatic carbocycles. The summed E-state index contributed by atoms with van der Waals surface area (Å²) in [6.45, 7) is 3.56. The van der Waals surface area contributed by atoms with Crippen LogP contribution >= 0.6 is 11.6 Å². The molecular weight excluding hydrogens is 393 g/mol. The summed E-state index contributed by atoms with van der Waals surface area (Å²) < 4.78 is 16.4. The standard InChI is InChI=1S/C20H17ClFN7/c21-13-1-2-15(22)14(11-13)19-26-16-3-4-18(28-9-7-23-8-10-28)27-20(16)29(19)17-5-6-24-12-25-17/h1-6,11-12,23H,7-10H2. The van der Waals surface area contributed by atoms with Crippen molar-refractivity contribution in [1.29, 1.82) is 0 Å². The van der Waals surface area contributed by atoms with Crippen molar-refractivity contribution in [3.05, 3.63) is 59.8 Å². The number of nitrogens with zero attached hydrogens (tertiary/aromatic N) is 6. The van der Waals surface area contributed by atoms with Gasteiger partial charge in [-0.25, -0.2) is 24.3 Å². The maximum atomic E-state index is 14.7. The Kier molecular flexibility index (Phi) is 4.57. The van der Waals surface area contributed by atoms with Crippen molar-refractivity contribution in [2.75, 3.05) is 31.1 Å². The monoisotopic (exact) mass is 409 g/mol. The Bertz CT molecular complexity index is 1170. The van der Waals surface area contributed by atoms with Crippen LogP contribution in [0.25, 0.3) is 28.4 Å². The van der Waals surface area contributed by atoms with Crippen molar-refractivity contribution >= 4 is 28.6 Å². The number of hydrogen-bond acceptors (Lipinski definition) is 6. The molecule has 5 rings (SSSR count). The van der Waals surface area contributed by atoms with Crippen molar-refractivity contribution in [3.8, 4) is 17.2 Å². The summed E-state index contributed by atoms with van der Waals surface area (Å²) in [6.07, 6.45) is 3.08. The molecule has 0 atom stereocenters. The van der Waals surface area contributed by atoms with Gasteiger partial charge in [-0.05, 0) is 36.4 Å². The van der Waals surface area contributed by atoms with Gasteiger partial charge in [-0.15, -0.1) is 0 Å². The smallest absolute Gasteiger partial charge is 0.168 e. The fourth-order valence-electron chi connectivity index (χ4n) is 3.50. The lowest BCUT2D eigenvalue weighted by atomic mass is 10.2. The van der Waals surface area contributed by atoms with E-state index in [0.29, 0.717) is 27.8 Å². The number of pyridine rings is 1. The van der Waals surface area contributed by atoms with Crippen LogP contribution in [0.1, 0.15) is 0 Å². The predicted molar refractivity (Wildman–Crippen MR) is 110 cm³/mol. The summed E-state index contributed by atoms with van der Waals surface area (Å²) in [7, 11) is 0. The summed E-state index contributed by atoms with van der Waals surface area (Å²) in [4.78, 5) is 20.1. The molecule has 0 amide bonds. The minimum atomic E-state index is -0.414. The van der Waals surface area contributed by atoms with Crippen LogP contribution in [-0.4, -0.2) is 50.7 Å². The maximum absolute atomic E-state index is 14.7. The van der Waals surface area contributed by atoms with E-state index in [9.17, 15) is 4.39 Å². The Morgan fingerprint density at radius 2 is 1.86 bits per heavy atom. The van der Waals surface area contributed by atoms with Gasteiger partial charge >= 0.3 is 0 Å². The number of hydrogen-bond donors (Lipinski definition) is 1. The molecule has 0 saturated carbocycles. The molecule has 9 heteroatoms. The Morgan fingerprint density at radius 3 is 2.66 bits per heavy atom. The number of benzene rings is 1. The third kappa shape index (κ3) is 3.30. The highest BCUT2D eigenvalue weighted by Crippen LogP contribution is 2.31. The Hall–Kier alpha value is -3.10. The Morgan fingerprint density at radius 1 is 1.00 bits per heavy atom. The number of imidazole rings is 1. The second kappa shape index (κ2) is 7.38. The SMILES string of the molecule is Fc1ccc(Cl)cc1-c1nc2ccc(N3CCNCC3)nc2n1-c1ccncn1. The van der Waals surface area contributed by atoms with E-state index in [-0.39, 0.29) is 5.56 Å². The van der Waals surface area contributed by atoms with Crippen molar-refractivity contribution in [2.45, 2.75) is 0 Å². The molecule has 4 aromatic rings. The van der Waals surface area contributed by atoms with Crippen LogP contribution in [0.15, 0.2) is 48.9 Å². The van der Waals surface area contributed by atoms with Gasteiger partial charge in [0.25, 0.3) is 0 Å². The molecule has 1 aromatic carbocycles. The third-order valence-corrected chi connectivity index (χ3v) is 5.13. The fraction of sp³-hybridized carbons (Fsp3) is 0.200. The van der Waals surface area contributed by atoms with Crippen LogP contribution in [0.4, 0.5) is 10.2 Å². The third-order valence-electron chi connectivity index (χ3n) is 4.90. The van der Waals surface area contributed by atoms with E-state index in [1.165, 1.54) is 18.5 Å². The quantitative estimate of drug-likeness (QED) is 0.560. The molecule has 146 valence electrons. The van der Waals surface area contributed by atoms with Crippen LogP contribution < -0.4 is 10.2 Å². The summed E-state index contributed by atoms with van der Waals surface area (Å²) >= 11 is 6.13. The highest BCUT2D eigenvalue weighted by molar-refractivity contribution is 6.30. The molecule has 1 saturated heterocycles. The Labute approximate surface area is 171 Å². The zero-order valence-corrected chi connectivity index (χ0v) is 16.1. The molecule has 29 heavy (non-hydrogen) atoms. The van der Waals surface area contributed by atoms with E-state index < -0.39 is 5.82 Å². The first-order valence-corrected chi connectivity index (χ1v) is 9.65. The van der Waals surface area contributed by atoms with Crippen LogP contribution in [0.2, 0.25) is 5.02 Å². The average Bonchev–Trinajstić information content (AvgIpc) is 3.15. The first kappa shape index (κ1) is 18.0. The minimum absolute atomic E-state index is 0.290. The molecule has 0 radical (unpaired) electrons. The van der Waals surface area contributed by atoms with Crippen molar-refractivity contribution in [1.82, 2.24) is 29.8 Å². The average molecular weight is 410 g/mol. The van der Waals surface area contributed by atoms with Gasteiger partial charge in [0.15, 0.2) is 11.5 Å². The molecule has 1 fully saturated rings. The van der Waals surface area contributed by atoms with Crippen LogP contribution in [0, 0.1) is 5.82 Å². The van der Waals surface area contributed by atoms with Gasteiger partial charge < -0.3 is 10.2 Å². The molecule has 0 bridgehead atoms. The lowest BCUT2D eigenvalue weighted by molar-refractivity contribution is 0.585. The number of nitrogens with one attached hydrogen (secondary N) is 1. The number of aromatic nitrogens is 5. The lowest BCUT2D eigenvalue weighted by Gasteiger charge is -2.28. The second-order valence-corrected chi connectivity index (χ2v) is 7.15. The molecule has 1 aliphatic heterocycles. The number of rotatable bonds is 3. The topological polar surface area (TPSA) is 71.8 Å². The summed E-state index contributed by atoms with van der Waals surface area (Å²) in [5.74, 6) is 1.39. The van der Waals surface area contributed by atoms with Crippen molar-refractivity contribution in [3.63, 3.8) is 0 Å². The molecule has 1 N–H and O–H groups in total. The highest BCUT2D eigenvalue weighted by atomic mass is 35.5. The van der Waals surface area contributed by atoms with E-state index in [1.807, 2.05) is 12.1 Å². The van der Waals surface area contributed by atoms with Crippen molar-refractivity contribution < 1.29 is 4.39 Å². The van der Waals surface area contributed by atoms with E-state index in [0.717, 1.165) is 32.0 Å². The molecular formula is C20H17ClFN7. The van der Waals surface area contributed by atoms with Gasteiger partial charge in [-0.2, -0.15) is 0 Å². The summed E-state index contributed by atoms with van der Waals surface area (Å²) in [5.41, 5.74) is 1.55. The number of halogens is 2. The van der Waals surface area contributed by atoms with E-state index in [2.05, 4.69) is 25.2 Å². The van der Waals surface area contributed by atoms with Crippen molar-refractivity contribution in [2.24, 2.45) is 0 Å². The Balaban J connectivity index is 1.75. The molecule has 3 aromatic heterocycles. The van der Waals surface area contributed by atoms with E-state index in [4.69, 9.17) is 16.6 Å². The van der Waals surface area contributed by atoms with Crippen LogP contribution in [-0.2, 0) is 0 Å². The van der Waals surface area contributed by atoms with Crippen LogP contribution in [0.3, 0.4) is 0 Å². The van der Waals surface area contributed by atoms with Gasteiger partial charge in [-0.3, -0.25) is 4.57 Å². The number of fused-ring (bicyclic) bond motifs is 1. The minimum Gasteiger partial charge on any atom is -0.354 e. The molecule has 0 unspecified atom stereocenters. The largest absolute Gasteiger partial charge is 0.354 e. The summed E-state index contributed by atoms with van der Waals surface area (Å²) in [5, 5.41) is 3.77. The van der Waals surface area contributed by atoms with Gasteiger partial charge in [0.05, 0.1) is 5.56 Å². The molecule has 7 nitrogen and oxygen atoms in total. The molecule has 4 heterocycles. The zero-order chi connectivity index (χ0) is 19.8. The maximum Gasteiger partial charge on any atom is 0.168 e. The summed E-state index contributed by atoms with van der Waals surface area (Å²) in [6, 6.07) is 10.0. The lowest BCUT2D eigenvalue weighted by Crippen LogP contribution is -2.43. The van der Waals surface area contributed by atoms with E-state index >= 15 is 0 Å². The first-order valence-electron chi connectivity index (χ1n) is 9.28. The normalized spacial score (nSPS) is 14.5. The zero-order valence-electron chi connectivity index (χ0n) is 15.4. The molecule has 1 aliphatic rings. The van der Waals surface area contributed by atoms with Gasteiger partial charge in [0.1, 0.15) is 29.3 Å². The van der Waals surface area contributed by atoms with Gasteiger partial charge in [0.2, 0.25) is 0 Å². The molecule has 0 spiro atoms.